The van der Waals surface area contributed by atoms with Gasteiger partial charge >= 0.3 is 0 Å². The van der Waals surface area contributed by atoms with Crippen LogP contribution in [0, 0.1) is 0 Å². The molecule has 7 aromatic carbocycles. The van der Waals surface area contributed by atoms with Crippen LogP contribution in [0.15, 0.2) is 207 Å². The first-order valence-corrected chi connectivity index (χ1v) is 17.5. The van der Waals surface area contributed by atoms with Crippen LogP contribution in [0.1, 0.15) is 0 Å². The molecule has 0 aliphatic rings. The van der Waals surface area contributed by atoms with Gasteiger partial charge in [-0.15, -0.1) is 0 Å². The lowest BCUT2D eigenvalue weighted by atomic mass is 9.98. The Morgan fingerprint density at radius 1 is 0.269 bits per heavy atom. The Morgan fingerprint density at radius 3 is 0.962 bits per heavy atom. The number of nitrogens with zero attached hydrogens (tertiary/aromatic N) is 4. The second-order valence-corrected chi connectivity index (χ2v) is 12.8. The molecule has 0 fully saturated rings. The van der Waals surface area contributed by atoms with E-state index in [1.165, 1.54) is 21.5 Å². The van der Waals surface area contributed by atoms with Crippen LogP contribution < -0.4 is 9.80 Å². The van der Waals surface area contributed by atoms with E-state index in [0.717, 1.165) is 56.6 Å². The Bertz CT molecular complexity index is 2360. The van der Waals surface area contributed by atoms with Gasteiger partial charge in [0.05, 0.1) is 11.4 Å². The van der Waals surface area contributed by atoms with Gasteiger partial charge in [0, 0.05) is 57.6 Å². The Balaban J connectivity index is 1.05. The van der Waals surface area contributed by atoms with Crippen molar-refractivity contribution >= 4 is 55.7 Å². The third kappa shape index (κ3) is 6.14. The van der Waals surface area contributed by atoms with E-state index in [2.05, 4.69) is 180 Å². The smallest absolute Gasteiger partial charge is 0.0723 e. The molecule has 0 unspecified atom stereocenters. The molecule has 0 spiro atoms. The fourth-order valence-electron chi connectivity index (χ4n) is 6.95. The normalized spacial score (nSPS) is 11.1. The Hall–Kier alpha value is -7.04. The summed E-state index contributed by atoms with van der Waals surface area (Å²) in [6.07, 6.45) is 3.80. The van der Waals surface area contributed by atoms with Gasteiger partial charge in [-0.1, -0.05) is 97.1 Å². The van der Waals surface area contributed by atoms with Crippen LogP contribution in [0.2, 0.25) is 0 Å². The molecule has 0 saturated heterocycles. The first-order chi connectivity index (χ1) is 25.8. The summed E-state index contributed by atoms with van der Waals surface area (Å²) in [4.78, 5) is 14.2. The van der Waals surface area contributed by atoms with Crippen molar-refractivity contribution in [2.24, 2.45) is 0 Å². The fourth-order valence-corrected chi connectivity index (χ4v) is 6.95. The van der Waals surface area contributed by atoms with Crippen molar-refractivity contribution in [1.82, 2.24) is 9.97 Å². The molecule has 0 atom stereocenters. The summed E-state index contributed by atoms with van der Waals surface area (Å²) in [6.45, 7) is 0. The molecule has 0 saturated carbocycles. The molecule has 4 nitrogen and oxygen atoms in total. The molecule has 0 N–H and O–H groups in total. The molecule has 0 amide bonds. The summed E-state index contributed by atoms with van der Waals surface area (Å²) in [6, 6.07) is 68.1. The quantitative estimate of drug-likeness (QED) is 0.151. The number of pyridine rings is 2. The van der Waals surface area contributed by atoms with Gasteiger partial charge in [0.1, 0.15) is 0 Å². The Labute approximate surface area is 303 Å². The number of rotatable bonds is 8. The van der Waals surface area contributed by atoms with Crippen LogP contribution in [-0.2, 0) is 0 Å². The number of hydrogen-bond acceptors (Lipinski definition) is 4. The minimum absolute atomic E-state index is 0.928. The largest absolute Gasteiger partial charge is 0.310 e. The number of fused-ring (bicyclic) bond motifs is 2. The zero-order chi connectivity index (χ0) is 34.7. The number of benzene rings is 7. The molecule has 0 bridgehead atoms. The zero-order valence-corrected chi connectivity index (χ0v) is 28.4. The average Bonchev–Trinajstić information content (AvgIpc) is 3.22. The van der Waals surface area contributed by atoms with E-state index in [-0.39, 0.29) is 0 Å². The number of aromatic nitrogens is 2. The van der Waals surface area contributed by atoms with E-state index < -0.39 is 0 Å². The lowest BCUT2D eigenvalue weighted by Crippen LogP contribution is -2.10. The predicted molar refractivity (Wildman–Crippen MR) is 217 cm³/mol. The lowest BCUT2D eigenvalue weighted by Gasteiger charge is -2.25. The molecule has 0 aliphatic heterocycles. The van der Waals surface area contributed by atoms with Crippen LogP contribution in [0.5, 0.6) is 0 Å². The van der Waals surface area contributed by atoms with Crippen LogP contribution in [0.4, 0.5) is 34.1 Å². The standard InChI is InChI=1S/C48H34N4/c1-5-13-41(14-6-1)51(42-15-7-2-8-16-42)45-25-27-49-47(33-45)37-23-21-35-30-40-32-38(24-22-36(40)29-39(35)31-37)48-34-46(26-28-50-48)52(43-17-9-3-10-18-43)44-19-11-4-12-20-44/h1-34H. The summed E-state index contributed by atoms with van der Waals surface area (Å²) < 4.78 is 0. The van der Waals surface area contributed by atoms with Crippen LogP contribution >= 0.6 is 0 Å². The third-order valence-electron chi connectivity index (χ3n) is 9.45. The molecular formula is C48H34N4. The van der Waals surface area contributed by atoms with Gasteiger partial charge in [-0.25, -0.2) is 0 Å². The van der Waals surface area contributed by atoms with Crippen LogP contribution in [0.25, 0.3) is 44.1 Å². The van der Waals surface area contributed by atoms with Gasteiger partial charge in [0.2, 0.25) is 0 Å². The topological polar surface area (TPSA) is 32.3 Å². The predicted octanol–water partition coefficient (Wildman–Crippen LogP) is 13.1. The second kappa shape index (κ2) is 13.7. The van der Waals surface area contributed by atoms with Gasteiger partial charge in [-0.2, -0.15) is 0 Å². The summed E-state index contributed by atoms with van der Waals surface area (Å²) in [5.74, 6) is 0. The molecule has 0 aliphatic carbocycles. The summed E-state index contributed by atoms with van der Waals surface area (Å²) in [5, 5.41) is 4.71. The van der Waals surface area contributed by atoms with E-state index in [1.807, 2.05) is 36.7 Å². The molecule has 4 heteroatoms. The SMILES string of the molecule is c1ccc(N(c2ccccc2)c2ccnc(-c3ccc4cc5cc(-c6cc(N(c7ccccc7)c7ccccc7)ccn6)ccc5cc4c3)c2)cc1. The fraction of sp³-hybridized carbons (Fsp3) is 0. The van der Waals surface area contributed by atoms with Gasteiger partial charge < -0.3 is 9.80 Å². The summed E-state index contributed by atoms with van der Waals surface area (Å²) in [5.41, 5.74) is 10.5. The maximum atomic E-state index is 4.81. The van der Waals surface area contributed by atoms with Gasteiger partial charge in [0.25, 0.3) is 0 Å². The maximum Gasteiger partial charge on any atom is 0.0723 e. The van der Waals surface area contributed by atoms with E-state index in [0.29, 0.717) is 0 Å². The first kappa shape index (κ1) is 31.0. The molecule has 9 rings (SSSR count). The van der Waals surface area contributed by atoms with Crippen molar-refractivity contribution in [3.05, 3.63) is 207 Å². The highest BCUT2D eigenvalue weighted by molar-refractivity contribution is 6.01. The van der Waals surface area contributed by atoms with Crippen molar-refractivity contribution in [3.8, 4) is 22.5 Å². The highest BCUT2D eigenvalue weighted by Gasteiger charge is 2.15. The lowest BCUT2D eigenvalue weighted by molar-refractivity contribution is 1.24. The summed E-state index contributed by atoms with van der Waals surface area (Å²) in [7, 11) is 0. The van der Waals surface area contributed by atoms with Gasteiger partial charge in [-0.3, -0.25) is 9.97 Å². The average molecular weight is 667 g/mol. The van der Waals surface area contributed by atoms with Crippen molar-refractivity contribution in [3.63, 3.8) is 0 Å². The number of anilines is 6. The van der Waals surface area contributed by atoms with Gasteiger partial charge in [-0.05, 0) is 119 Å². The zero-order valence-electron chi connectivity index (χ0n) is 28.4. The maximum absolute atomic E-state index is 4.81. The van der Waals surface area contributed by atoms with Crippen LogP contribution in [-0.4, -0.2) is 9.97 Å². The van der Waals surface area contributed by atoms with Crippen molar-refractivity contribution in [1.29, 1.82) is 0 Å². The van der Waals surface area contributed by atoms with E-state index in [4.69, 9.17) is 9.97 Å². The summed E-state index contributed by atoms with van der Waals surface area (Å²) >= 11 is 0. The third-order valence-corrected chi connectivity index (χ3v) is 9.45. The minimum atomic E-state index is 0.928. The van der Waals surface area contributed by atoms with Gasteiger partial charge in [0.15, 0.2) is 0 Å². The van der Waals surface area contributed by atoms with Crippen LogP contribution in [0.3, 0.4) is 0 Å². The molecule has 9 aromatic rings. The van der Waals surface area contributed by atoms with E-state index in [9.17, 15) is 0 Å². The minimum Gasteiger partial charge on any atom is -0.310 e. The molecule has 2 heterocycles. The van der Waals surface area contributed by atoms with Crippen molar-refractivity contribution in [2.75, 3.05) is 9.80 Å². The van der Waals surface area contributed by atoms with E-state index >= 15 is 0 Å². The van der Waals surface area contributed by atoms with Crippen molar-refractivity contribution in [2.45, 2.75) is 0 Å². The number of para-hydroxylation sites is 4. The molecule has 52 heavy (non-hydrogen) atoms. The first-order valence-electron chi connectivity index (χ1n) is 17.5. The van der Waals surface area contributed by atoms with Crippen molar-refractivity contribution < 1.29 is 0 Å². The highest BCUT2D eigenvalue weighted by Crippen LogP contribution is 2.38. The molecule has 2 aromatic heterocycles. The highest BCUT2D eigenvalue weighted by atomic mass is 15.1. The second-order valence-electron chi connectivity index (χ2n) is 12.8. The molecule has 246 valence electrons. The molecular weight excluding hydrogens is 633 g/mol. The van der Waals surface area contributed by atoms with E-state index in [1.54, 1.807) is 0 Å². The Morgan fingerprint density at radius 2 is 0.615 bits per heavy atom. The number of hydrogen-bond donors (Lipinski definition) is 0. The molecule has 0 radical (unpaired) electrons. The monoisotopic (exact) mass is 666 g/mol. The Kier molecular flexibility index (Phi) is 8.16.